The quantitative estimate of drug-likeness (QED) is 0.803. The molecular weight excluding hydrogens is 244 g/mol. The Balaban J connectivity index is 2.30. The molecule has 19 heavy (non-hydrogen) atoms. The van der Waals surface area contributed by atoms with Crippen molar-refractivity contribution in [2.24, 2.45) is 5.73 Å². The summed E-state index contributed by atoms with van der Waals surface area (Å²) in [5.74, 6) is 0.114. The maximum atomic E-state index is 11.1. The summed E-state index contributed by atoms with van der Waals surface area (Å²) in [6.07, 6.45) is 4.61. The van der Waals surface area contributed by atoms with Crippen molar-refractivity contribution in [3.05, 3.63) is 11.4 Å². The van der Waals surface area contributed by atoms with Gasteiger partial charge in [0.1, 0.15) is 0 Å². The van der Waals surface area contributed by atoms with E-state index in [2.05, 4.69) is 17.2 Å². The number of nitrogens with two attached hydrogens (primary N) is 1. The molecule has 6 nitrogen and oxygen atoms in total. The molecule has 1 amide bonds. The van der Waals surface area contributed by atoms with Crippen molar-refractivity contribution >= 4 is 5.91 Å². The highest BCUT2D eigenvalue weighted by molar-refractivity contribution is 5.76. The lowest BCUT2D eigenvalue weighted by molar-refractivity contribution is -0.117. The standard InChI is InChI=1S/C13H22N4O2/c1-3-10(8-19-2)17-13(9-5-4-6-9)11(15-16-17)7-12(14)18/h9-10H,3-8H2,1-2H3,(H2,14,18). The second-order valence-corrected chi connectivity index (χ2v) is 5.15. The molecule has 0 spiro atoms. The molecule has 0 aromatic carbocycles. The van der Waals surface area contributed by atoms with Crippen LogP contribution >= 0.6 is 0 Å². The number of hydrogen-bond acceptors (Lipinski definition) is 4. The van der Waals surface area contributed by atoms with Gasteiger partial charge in [-0.25, -0.2) is 4.68 Å². The van der Waals surface area contributed by atoms with E-state index in [1.165, 1.54) is 6.42 Å². The maximum absolute atomic E-state index is 11.1. The summed E-state index contributed by atoms with van der Waals surface area (Å²) in [6, 6.07) is 0.176. The Morgan fingerprint density at radius 1 is 1.58 bits per heavy atom. The van der Waals surface area contributed by atoms with E-state index in [-0.39, 0.29) is 18.4 Å². The minimum absolute atomic E-state index is 0.176. The normalized spacial score (nSPS) is 17.2. The van der Waals surface area contributed by atoms with Gasteiger partial charge in [0.25, 0.3) is 0 Å². The Morgan fingerprint density at radius 3 is 2.79 bits per heavy atom. The number of methoxy groups -OCH3 is 1. The van der Waals surface area contributed by atoms with Gasteiger partial charge in [0, 0.05) is 13.0 Å². The summed E-state index contributed by atoms with van der Waals surface area (Å²) in [5.41, 5.74) is 7.12. The van der Waals surface area contributed by atoms with Crippen molar-refractivity contribution in [1.82, 2.24) is 15.0 Å². The number of carbonyl (C=O) groups excluding carboxylic acids is 1. The first-order valence-corrected chi connectivity index (χ1v) is 6.88. The molecule has 2 N–H and O–H groups in total. The minimum Gasteiger partial charge on any atom is -0.382 e. The molecule has 0 aliphatic heterocycles. The molecule has 1 aromatic rings. The van der Waals surface area contributed by atoms with E-state index in [0.29, 0.717) is 12.5 Å². The Bertz CT molecular complexity index is 440. The molecule has 6 heteroatoms. The first-order chi connectivity index (χ1) is 9.17. The molecule has 1 heterocycles. The Labute approximate surface area is 113 Å². The molecule has 1 fully saturated rings. The van der Waals surface area contributed by atoms with E-state index >= 15 is 0 Å². The molecule has 1 aliphatic rings. The largest absolute Gasteiger partial charge is 0.382 e. The average molecular weight is 266 g/mol. The molecule has 1 unspecified atom stereocenters. The van der Waals surface area contributed by atoms with E-state index in [1.807, 2.05) is 4.68 Å². The molecule has 106 valence electrons. The molecule has 1 aliphatic carbocycles. The van der Waals surface area contributed by atoms with Crippen LogP contribution in [0.2, 0.25) is 0 Å². The molecule has 0 saturated heterocycles. The number of aromatic nitrogens is 3. The summed E-state index contributed by atoms with van der Waals surface area (Å²) in [6.45, 7) is 2.71. The number of nitrogens with zero attached hydrogens (tertiary/aromatic N) is 3. The fraction of sp³-hybridized carbons (Fsp3) is 0.769. The van der Waals surface area contributed by atoms with Crippen LogP contribution in [0.25, 0.3) is 0 Å². The van der Waals surface area contributed by atoms with Crippen molar-refractivity contribution in [3.8, 4) is 0 Å². The maximum Gasteiger partial charge on any atom is 0.223 e. The van der Waals surface area contributed by atoms with Gasteiger partial charge in [-0.2, -0.15) is 0 Å². The first kappa shape index (κ1) is 14.0. The topological polar surface area (TPSA) is 83.0 Å². The third-order valence-electron chi connectivity index (χ3n) is 3.81. The van der Waals surface area contributed by atoms with Crippen LogP contribution in [0.1, 0.15) is 56.0 Å². The number of hydrogen-bond donors (Lipinski definition) is 1. The van der Waals surface area contributed by atoms with Crippen LogP contribution in [0, 0.1) is 0 Å². The van der Waals surface area contributed by atoms with Gasteiger partial charge >= 0.3 is 0 Å². The van der Waals surface area contributed by atoms with Crippen molar-refractivity contribution in [3.63, 3.8) is 0 Å². The third kappa shape index (κ3) is 2.94. The van der Waals surface area contributed by atoms with Gasteiger partial charge in [0.2, 0.25) is 5.91 Å². The van der Waals surface area contributed by atoms with E-state index in [1.54, 1.807) is 7.11 Å². The zero-order chi connectivity index (χ0) is 13.8. The molecule has 0 bridgehead atoms. The summed E-state index contributed by atoms with van der Waals surface area (Å²) in [5, 5.41) is 8.41. The third-order valence-corrected chi connectivity index (χ3v) is 3.81. The van der Waals surface area contributed by atoms with E-state index in [9.17, 15) is 4.79 Å². The monoisotopic (exact) mass is 266 g/mol. The van der Waals surface area contributed by atoms with Gasteiger partial charge < -0.3 is 10.5 Å². The van der Waals surface area contributed by atoms with Crippen LogP contribution in [0.5, 0.6) is 0 Å². The second kappa shape index (κ2) is 6.14. The summed E-state index contributed by atoms with van der Waals surface area (Å²) in [4.78, 5) is 11.1. The number of rotatable bonds is 7. The van der Waals surface area contributed by atoms with E-state index in [4.69, 9.17) is 10.5 Å². The van der Waals surface area contributed by atoms with E-state index in [0.717, 1.165) is 30.7 Å². The number of carbonyl (C=O) groups is 1. The minimum atomic E-state index is -0.354. The van der Waals surface area contributed by atoms with Gasteiger partial charge in [-0.15, -0.1) is 5.10 Å². The average Bonchev–Trinajstić information content (AvgIpc) is 2.67. The van der Waals surface area contributed by atoms with Crippen LogP contribution in [-0.2, 0) is 16.0 Å². The van der Waals surface area contributed by atoms with Crippen molar-refractivity contribution in [1.29, 1.82) is 0 Å². The first-order valence-electron chi connectivity index (χ1n) is 6.88. The van der Waals surface area contributed by atoms with Gasteiger partial charge in [-0.1, -0.05) is 18.6 Å². The van der Waals surface area contributed by atoms with Crippen molar-refractivity contribution in [2.75, 3.05) is 13.7 Å². The van der Waals surface area contributed by atoms with Gasteiger partial charge in [0.05, 0.1) is 30.5 Å². The highest BCUT2D eigenvalue weighted by atomic mass is 16.5. The Morgan fingerprint density at radius 2 is 2.32 bits per heavy atom. The SMILES string of the molecule is CCC(COC)n1nnc(CC(N)=O)c1C1CCC1. The fourth-order valence-electron chi connectivity index (χ4n) is 2.55. The van der Waals surface area contributed by atoms with Crippen LogP contribution in [0.3, 0.4) is 0 Å². The Hall–Kier alpha value is -1.43. The zero-order valence-electron chi connectivity index (χ0n) is 11.6. The van der Waals surface area contributed by atoms with Crippen molar-refractivity contribution < 1.29 is 9.53 Å². The van der Waals surface area contributed by atoms with Crippen LogP contribution < -0.4 is 5.73 Å². The molecule has 1 aromatic heterocycles. The lowest BCUT2D eigenvalue weighted by atomic mass is 9.81. The van der Waals surface area contributed by atoms with Gasteiger partial charge in [-0.3, -0.25) is 4.79 Å². The van der Waals surface area contributed by atoms with Crippen LogP contribution in [0.4, 0.5) is 0 Å². The lowest BCUT2D eigenvalue weighted by Gasteiger charge is -2.28. The second-order valence-electron chi connectivity index (χ2n) is 5.15. The number of amides is 1. The van der Waals surface area contributed by atoms with Gasteiger partial charge in [-0.05, 0) is 19.3 Å². The smallest absolute Gasteiger partial charge is 0.223 e. The summed E-state index contributed by atoms with van der Waals surface area (Å²) >= 11 is 0. The highest BCUT2D eigenvalue weighted by Crippen LogP contribution is 2.38. The summed E-state index contributed by atoms with van der Waals surface area (Å²) in [7, 11) is 1.69. The predicted molar refractivity (Wildman–Crippen MR) is 70.7 cm³/mol. The molecular formula is C13H22N4O2. The lowest BCUT2D eigenvalue weighted by Crippen LogP contribution is -2.24. The number of ether oxygens (including phenoxy) is 1. The molecule has 0 radical (unpaired) electrons. The molecule has 1 saturated carbocycles. The molecule has 1 atom stereocenters. The highest BCUT2D eigenvalue weighted by Gasteiger charge is 2.30. The fourth-order valence-corrected chi connectivity index (χ4v) is 2.55. The zero-order valence-corrected chi connectivity index (χ0v) is 11.6. The molecule has 2 rings (SSSR count). The van der Waals surface area contributed by atoms with Crippen LogP contribution in [0.15, 0.2) is 0 Å². The van der Waals surface area contributed by atoms with Crippen molar-refractivity contribution in [2.45, 2.75) is 51.0 Å². The summed E-state index contributed by atoms with van der Waals surface area (Å²) < 4.78 is 7.20. The predicted octanol–water partition coefficient (Wildman–Crippen LogP) is 1.17. The Kier molecular flexibility index (Phi) is 4.52. The van der Waals surface area contributed by atoms with E-state index < -0.39 is 0 Å². The number of primary amides is 1. The van der Waals surface area contributed by atoms with Gasteiger partial charge in [0.15, 0.2) is 0 Å². The van der Waals surface area contributed by atoms with Crippen LogP contribution in [-0.4, -0.2) is 34.6 Å².